The van der Waals surface area contributed by atoms with E-state index in [9.17, 15) is 4.79 Å². The van der Waals surface area contributed by atoms with Crippen LogP contribution in [0.3, 0.4) is 0 Å². The van der Waals surface area contributed by atoms with Crippen LogP contribution in [0.4, 0.5) is 5.69 Å². The van der Waals surface area contributed by atoms with Gasteiger partial charge < -0.3 is 14.8 Å². The standard InChI is InChI=1S/C15H10N2O3S/c16-8-10(6-12-2-1-5-21-12)15(18)17-11-3-4-13-14(7-11)20-9-19-13/h1-7H,9H2,(H,17,18)/b10-6+. The predicted octanol–water partition coefficient (Wildman–Crippen LogP) is 3.02. The molecule has 0 radical (unpaired) electrons. The first-order valence-electron chi connectivity index (χ1n) is 6.12. The van der Waals surface area contributed by atoms with E-state index in [1.54, 1.807) is 24.3 Å². The van der Waals surface area contributed by atoms with E-state index < -0.39 is 5.91 Å². The number of nitrogens with one attached hydrogen (secondary N) is 1. The van der Waals surface area contributed by atoms with Gasteiger partial charge >= 0.3 is 0 Å². The maximum atomic E-state index is 12.1. The number of amides is 1. The summed E-state index contributed by atoms with van der Waals surface area (Å²) in [5.41, 5.74) is 0.603. The number of nitriles is 1. The molecule has 0 saturated heterocycles. The summed E-state index contributed by atoms with van der Waals surface area (Å²) in [6, 6.07) is 10.7. The first-order valence-corrected chi connectivity index (χ1v) is 7.00. The van der Waals surface area contributed by atoms with E-state index >= 15 is 0 Å². The van der Waals surface area contributed by atoms with Crippen LogP contribution in [0.1, 0.15) is 4.88 Å². The fraction of sp³-hybridized carbons (Fsp3) is 0.0667. The highest BCUT2D eigenvalue weighted by Gasteiger charge is 2.15. The Kier molecular flexibility index (Phi) is 3.58. The third-order valence-electron chi connectivity index (χ3n) is 2.83. The molecular weight excluding hydrogens is 288 g/mol. The van der Waals surface area contributed by atoms with Crippen molar-refractivity contribution in [1.82, 2.24) is 0 Å². The molecule has 104 valence electrons. The topological polar surface area (TPSA) is 71.4 Å². The summed E-state index contributed by atoms with van der Waals surface area (Å²) < 4.78 is 10.4. The number of thiophene rings is 1. The van der Waals surface area contributed by atoms with Crippen LogP contribution in [-0.2, 0) is 4.79 Å². The third kappa shape index (κ3) is 2.88. The lowest BCUT2D eigenvalue weighted by molar-refractivity contribution is -0.112. The van der Waals surface area contributed by atoms with Gasteiger partial charge in [-0.15, -0.1) is 11.3 Å². The molecule has 1 aromatic heterocycles. The van der Waals surface area contributed by atoms with Crippen molar-refractivity contribution in [3.8, 4) is 17.6 Å². The van der Waals surface area contributed by atoms with Crippen LogP contribution in [0.2, 0.25) is 0 Å². The number of hydrogen-bond acceptors (Lipinski definition) is 5. The minimum atomic E-state index is -0.454. The second-order valence-corrected chi connectivity index (χ2v) is 5.19. The van der Waals surface area contributed by atoms with Gasteiger partial charge in [-0.1, -0.05) is 6.07 Å². The van der Waals surface area contributed by atoms with E-state index in [1.165, 1.54) is 11.3 Å². The molecule has 1 aromatic carbocycles. The molecule has 1 aliphatic rings. The lowest BCUT2D eigenvalue weighted by atomic mass is 10.2. The number of carbonyl (C=O) groups is 1. The van der Waals surface area contributed by atoms with E-state index in [0.717, 1.165) is 4.88 Å². The Labute approximate surface area is 125 Å². The molecule has 0 atom stereocenters. The first kappa shape index (κ1) is 13.2. The van der Waals surface area contributed by atoms with Crippen molar-refractivity contribution in [3.05, 3.63) is 46.2 Å². The average Bonchev–Trinajstić information content (AvgIpc) is 3.15. The fourth-order valence-electron chi connectivity index (χ4n) is 1.84. The van der Waals surface area contributed by atoms with Crippen molar-refractivity contribution < 1.29 is 14.3 Å². The minimum Gasteiger partial charge on any atom is -0.454 e. The van der Waals surface area contributed by atoms with Crippen molar-refractivity contribution in [2.45, 2.75) is 0 Å². The van der Waals surface area contributed by atoms with Crippen LogP contribution in [0.5, 0.6) is 11.5 Å². The van der Waals surface area contributed by atoms with E-state index in [1.807, 2.05) is 23.6 Å². The second-order valence-electron chi connectivity index (χ2n) is 4.21. The molecule has 21 heavy (non-hydrogen) atoms. The summed E-state index contributed by atoms with van der Waals surface area (Å²) in [5.74, 6) is 0.765. The number of anilines is 1. The van der Waals surface area contributed by atoms with Crippen molar-refractivity contribution in [2.75, 3.05) is 12.1 Å². The molecule has 0 saturated carbocycles. The largest absolute Gasteiger partial charge is 0.454 e. The molecule has 2 aromatic rings. The molecule has 5 nitrogen and oxygen atoms in total. The summed E-state index contributed by atoms with van der Waals surface area (Å²) in [7, 11) is 0. The van der Waals surface area contributed by atoms with Crippen LogP contribution >= 0.6 is 11.3 Å². The number of ether oxygens (including phenoxy) is 2. The molecule has 0 fully saturated rings. The van der Waals surface area contributed by atoms with E-state index in [0.29, 0.717) is 17.2 Å². The maximum Gasteiger partial charge on any atom is 0.266 e. The summed E-state index contributed by atoms with van der Waals surface area (Å²) in [5, 5.41) is 13.7. The molecule has 1 N–H and O–H groups in total. The summed E-state index contributed by atoms with van der Waals surface area (Å²) >= 11 is 1.46. The zero-order valence-corrected chi connectivity index (χ0v) is 11.6. The van der Waals surface area contributed by atoms with Crippen LogP contribution in [0, 0.1) is 11.3 Å². The Morgan fingerprint density at radius 2 is 2.19 bits per heavy atom. The predicted molar refractivity (Wildman–Crippen MR) is 79.1 cm³/mol. The number of rotatable bonds is 3. The Bertz CT molecular complexity index is 745. The molecule has 3 rings (SSSR count). The smallest absolute Gasteiger partial charge is 0.266 e. The molecule has 0 bridgehead atoms. The van der Waals surface area contributed by atoms with Crippen molar-refractivity contribution in [2.24, 2.45) is 0 Å². The Morgan fingerprint density at radius 1 is 1.33 bits per heavy atom. The van der Waals surface area contributed by atoms with Gasteiger partial charge in [0, 0.05) is 16.6 Å². The average molecular weight is 298 g/mol. The van der Waals surface area contributed by atoms with Gasteiger partial charge in [-0.05, 0) is 29.7 Å². The van der Waals surface area contributed by atoms with Gasteiger partial charge in [0.2, 0.25) is 6.79 Å². The Hall–Kier alpha value is -2.78. The van der Waals surface area contributed by atoms with Gasteiger partial charge in [-0.25, -0.2) is 0 Å². The van der Waals surface area contributed by atoms with Crippen LogP contribution < -0.4 is 14.8 Å². The zero-order valence-electron chi connectivity index (χ0n) is 10.8. The zero-order chi connectivity index (χ0) is 14.7. The molecule has 1 aliphatic heterocycles. The van der Waals surface area contributed by atoms with Crippen molar-refractivity contribution in [1.29, 1.82) is 5.26 Å². The third-order valence-corrected chi connectivity index (χ3v) is 3.64. The Morgan fingerprint density at radius 3 is 2.95 bits per heavy atom. The molecule has 0 spiro atoms. The molecule has 1 amide bonds. The monoisotopic (exact) mass is 298 g/mol. The van der Waals surface area contributed by atoms with Crippen LogP contribution in [0.25, 0.3) is 6.08 Å². The highest BCUT2D eigenvalue weighted by Crippen LogP contribution is 2.34. The SMILES string of the molecule is N#C/C(=C\c1cccs1)C(=O)Nc1ccc2c(c1)OCO2. The lowest BCUT2D eigenvalue weighted by Gasteiger charge is -2.05. The van der Waals surface area contributed by atoms with Gasteiger partial charge in [0.25, 0.3) is 5.91 Å². The number of benzene rings is 1. The Balaban J connectivity index is 1.78. The van der Waals surface area contributed by atoms with Crippen molar-refractivity contribution >= 4 is 29.0 Å². The van der Waals surface area contributed by atoms with Gasteiger partial charge in [-0.2, -0.15) is 5.26 Å². The highest BCUT2D eigenvalue weighted by molar-refractivity contribution is 7.10. The van der Waals surface area contributed by atoms with E-state index in [2.05, 4.69) is 5.32 Å². The number of nitrogens with zero attached hydrogens (tertiary/aromatic N) is 1. The van der Waals surface area contributed by atoms with E-state index in [-0.39, 0.29) is 12.4 Å². The number of carbonyl (C=O) groups excluding carboxylic acids is 1. The van der Waals surface area contributed by atoms with Gasteiger partial charge in [-0.3, -0.25) is 4.79 Å². The quantitative estimate of drug-likeness (QED) is 0.698. The first-order chi connectivity index (χ1) is 10.3. The van der Waals surface area contributed by atoms with Gasteiger partial charge in [0.1, 0.15) is 11.6 Å². The number of fused-ring (bicyclic) bond motifs is 1. The molecule has 6 heteroatoms. The fourth-order valence-corrected chi connectivity index (χ4v) is 2.49. The molecule has 0 aliphatic carbocycles. The summed E-state index contributed by atoms with van der Waals surface area (Å²) in [6.07, 6.45) is 1.56. The molecule has 0 unspecified atom stereocenters. The normalized spacial score (nSPS) is 12.8. The molecular formula is C15H10N2O3S. The van der Waals surface area contributed by atoms with Gasteiger partial charge in [0.05, 0.1) is 0 Å². The van der Waals surface area contributed by atoms with Crippen molar-refractivity contribution in [3.63, 3.8) is 0 Å². The van der Waals surface area contributed by atoms with Gasteiger partial charge in [0.15, 0.2) is 11.5 Å². The second kappa shape index (κ2) is 5.69. The lowest BCUT2D eigenvalue weighted by Crippen LogP contribution is -2.13. The maximum absolute atomic E-state index is 12.1. The van der Waals surface area contributed by atoms with Crippen LogP contribution in [-0.4, -0.2) is 12.7 Å². The highest BCUT2D eigenvalue weighted by atomic mass is 32.1. The number of hydrogen-bond donors (Lipinski definition) is 1. The summed E-state index contributed by atoms with van der Waals surface area (Å²) in [4.78, 5) is 13.0. The minimum absolute atomic E-state index is 0.0510. The summed E-state index contributed by atoms with van der Waals surface area (Å²) in [6.45, 7) is 0.175. The van der Waals surface area contributed by atoms with Crippen LogP contribution in [0.15, 0.2) is 41.3 Å². The van der Waals surface area contributed by atoms with E-state index in [4.69, 9.17) is 14.7 Å². The molecule has 2 heterocycles.